The van der Waals surface area contributed by atoms with Gasteiger partial charge in [0.05, 0.1) is 27.4 Å². The van der Waals surface area contributed by atoms with Gasteiger partial charge in [-0.25, -0.2) is 0 Å². The molecule has 1 heterocycles. The fourth-order valence-corrected chi connectivity index (χ4v) is 2.70. The Bertz CT molecular complexity index is 577. The van der Waals surface area contributed by atoms with E-state index in [1.165, 1.54) is 0 Å². The molecule has 1 aromatic rings. The highest BCUT2D eigenvalue weighted by Crippen LogP contribution is 2.23. The van der Waals surface area contributed by atoms with E-state index in [1.54, 1.807) is 32.1 Å². The summed E-state index contributed by atoms with van der Waals surface area (Å²) < 4.78 is 15.7. The van der Waals surface area contributed by atoms with Gasteiger partial charge in [-0.2, -0.15) is 0 Å². The van der Waals surface area contributed by atoms with Gasteiger partial charge in [-0.1, -0.05) is 0 Å². The quantitative estimate of drug-likeness (QED) is 0.794. The number of benzene rings is 1. The molecular formula is C18H26N2O5. The smallest absolute Gasteiger partial charge is 0.245 e. The lowest BCUT2D eigenvalue weighted by molar-refractivity contribution is -0.139. The molecule has 0 aliphatic carbocycles. The maximum absolute atomic E-state index is 12.3. The number of nitrogens with one attached hydrogen (secondary N) is 1. The number of nitrogens with zero attached hydrogens (tertiary/aromatic N) is 1. The van der Waals surface area contributed by atoms with Gasteiger partial charge in [0.2, 0.25) is 11.8 Å². The minimum atomic E-state index is -0.537. The molecule has 0 aromatic heterocycles. The van der Waals surface area contributed by atoms with Gasteiger partial charge in [0.1, 0.15) is 17.5 Å². The van der Waals surface area contributed by atoms with Crippen molar-refractivity contribution in [1.82, 2.24) is 10.2 Å². The number of morpholine rings is 1. The molecule has 1 fully saturated rings. The largest absolute Gasteiger partial charge is 0.497 e. The fraction of sp³-hybridized carbons (Fsp3) is 0.556. The molecule has 7 nitrogen and oxygen atoms in total. The number of ether oxygens (including phenoxy) is 3. The molecule has 1 N–H and O–H groups in total. The summed E-state index contributed by atoms with van der Waals surface area (Å²) in [5.74, 6) is 1.15. The van der Waals surface area contributed by atoms with Crippen LogP contribution in [0.3, 0.4) is 0 Å². The molecule has 138 valence electrons. The Morgan fingerprint density at radius 3 is 2.32 bits per heavy atom. The van der Waals surface area contributed by atoms with Crippen molar-refractivity contribution in [2.75, 3.05) is 40.5 Å². The summed E-state index contributed by atoms with van der Waals surface area (Å²) in [6.45, 7) is 3.95. The lowest BCUT2D eigenvalue weighted by Gasteiger charge is -2.29. The van der Waals surface area contributed by atoms with E-state index < -0.39 is 6.04 Å². The van der Waals surface area contributed by atoms with Crippen molar-refractivity contribution in [1.29, 1.82) is 0 Å². The summed E-state index contributed by atoms with van der Waals surface area (Å²) in [4.78, 5) is 26.2. The number of rotatable bonds is 7. The van der Waals surface area contributed by atoms with Crippen LogP contribution in [0, 0.1) is 0 Å². The fourth-order valence-electron chi connectivity index (χ4n) is 2.70. The summed E-state index contributed by atoms with van der Waals surface area (Å²) >= 11 is 0. The van der Waals surface area contributed by atoms with E-state index in [-0.39, 0.29) is 18.2 Å². The first-order chi connectivity index (χ1) is 12.0. The number of hydrogen-bond donors (Lipinski definition) is 1. The monoisotopic (exact) mass is 350 g/mol. The topological polar surface area (TPSA) is 77.1 Å². The Hall–Kier alpha value is -2.28. The van der Waals surface area contributed by atoms with Gasteiger partial charge in [0.15, 0.2) is 0 Å². The average molecular weight is 350 g/mol. The minimum Gasteiger partial charge on any atom is -0.497 e. The normalized spacial score (nSPS) is 15.4. The van der Waals surface area contributed by atoms with E-state index in [1.807, 2.05) is 12.1 Å². The summed E-state index contributed by atoms with van der Waals surface area (Å²) in [5.41, 5.74) is 0.943. The predicted molar refractivity (Wildman–Crippen MR) is 92.9 cm³/mol. The standard InChI is InChI=1S/C18H26N2O5/c1-13(18(22)20-6-8-25-9-7-20)19-17(21)5-4-14-10-15(23-2)12-16(11-14)24-3/h10-13H,4-9H2,1-3H3,(H,19,21)/t13-/m0/s1. The number of carbonyl (C=O) groups excluding carboxylic acids is 2. The van der Waals surface area contributed by atoms with Gasteiger partial charge < -0.3 is 24.4 Å². The lowest BCUT2D eigenvalue weighted by Crippen LogP contribution is -2.50. The molecule has 1 aliphatic rings. The van der Waals surface area contributed by atoms with Crippen molar-refractivity contribution in [3.63, 3.8) is 0 Å². The van der Waals surface area contributed by atoms with Crippen LogP contribution in [0.25, 0.3) is 0 Å². The second kappa shape index (κ2) is 9.27. The molecule has 1 aliphatic heterocycles. The second-order valence-electron chi connectivity index (χ2n) is 5.95. The summed E-state index contributed by atoms with van der Waals surface area (Å²) in [6, 6.07) is 4.99. The highest BCUT2D eigenvalue weighted by molar-refractivity contribution is 5.87. The Balaban J connectivity index is 1.84. The van der Waals surface area contributed by atoms with Crippen LogP contribution in [0.2, 0.25) is 0 Å². The van der Waals surface area contributed by atoms with E-state index in [0.29, 0.717) is 44.2 Å². The minimum absolute atomic E-state index is 0.0697. The van der Waals surface area contributed by atoms with Crippen LogP contribution in [0.5, 0.6) is 11.5 Å². The average Bonchev–Trinajstić information content (AvgIpc) is 2.66. The third-order valence-corrected chi connectivity index (χ3v) is 4.12. The van der Waals surface area contributed by atoms with Crippen molar-refractivity contribution in [2.24, 2.45) is 0 Å². The molecule has 25 heavy (non-hydrogen) atoms. The molecule has 0 saturated carbocycles. The number of amides is 2. The first kappa shape index (κ1) is 19.1. The van der Waals surface area contributed by atoms with E-state index >= 15 is 0 Å². The zero-order valence-corrected chi connectivity index (χ0v) is 15.0. The molecular weight excluding hydrogens is 324 g/mol. The predicted octanol–water partition coefficient (Wildman–Crippen LogP) is 1.000. The van der Waals surface area contributed by atoms with Crippen molar-refractivity contribution in [3.05, 3.63) is 23.8 Å². The summed E-state index contributed by atoms with van der Waals surface area (Å²) in [5, 5.41) is 2.77. The highest BCUT2D eigenvalue weighted by Gasteiger charge is 2.23. The molecule has 1 aromatic carbocycles. The van der Waals surface area contributed by atoms with Crippen molar-refractivity contribution < 1.29 is 23.8 Å². The van der Waals surface area contributed by atoms with Crippen LogP contribution >= 0.6 is 0 Å². The number of methoxy groups -OCH3 is 2. The molecule has 0 bridgehead atoms. The van der Waals surface area contributed by atoms with Crippen LogP contribution in [-0.2, 0) is 20.7 Å². The van der Waals surface area contributed by atoms with Gasteiger partial charge in [-0.15, -0.1) is 0 Å². The molecule has 1 saturated heterocycles. The van der Waals surface area contributed by atoms with Gasteiger partial charge in [-0.3, -0.25) is 9.59 Å². The third kappa shape index (κ3) is 5.63. The molecule has 7 heteroatoms. The SMILES string of the molecule is COc1cc(CCC(=O)N[C@@H](C)C(=O)N2CCOCC2)cc(OC)c1. The first-order valence-corrected chi connectivity index (χ1v) is 8.41. The maximum Gasteiger partial charge on any atom is 0.245 e. The molecule has 0 radical (unpaired) electrons. The van der Waals surface area contributed by atoms with Crippen molar-refractivity contribution in [3.8, 4) is 11.5 Å². The van der Waals surface area contributed by atoms with Crippen molar-refractivity contribution >= 4 is 11.8 Å². The summed E-state index contributed by atoms with van der Waals surface area (Å²) in [7, 11) is 3.17. The van der Waals surface area contributed by atoms with Gasteiger partial charge in [-0.05, 0) is 31.0 Å². The van der Waals surface area contributed by atoms with Crippen LogP contribution in [-0.4, -0.2) is 63.3 Å². The molecule has 2 rings (SSSR count). The van der Waals surface area contributed by atoms with Crippen LogP contribution < -0.4 is 14.8 Å². The number of carbonyl (C=O) groups is 2. The van der Waals surface area contributed by atoms with Crippen LogP contribution in [0.15, 0.2) is 18.2 Å². The second-order valence-corrected chi connectivity index (χ2v) is 5.95. The van der Waals surface area contributed by atoms with Gasteiger partial charge >= 0.3 is 0 Å². The van der Waals surface area contributed by atoms with Crippen molar-refractivity contribution in [2.45, 2.75) is 25.8 Å². The van der Waals surface area contributed by atoms with Gasteiger partial charge in [0, 0.05) is 25.6 Å². The molecule has 2 amide bonds. The summed E-state index contributed by atoms with van der Waals surface area (Å²) in [6.07, 6.45) is 0.828. The molecule has 1 atom stereocenters. The number of hydrogen-bond acceptors (Lipinski definition) is 5. The maximum atomic E-state index is 12.3. The first-order valence-electron chi connectivity index (χ1n) is 8.41. The highest BCUT2D eigenvalue weighted by atomic mass is 16.5. The van der Waals surface area contributed by atoms with E-state index in [2.05, 4.69) is 5.32 Å². The Morgan fingerprint density at radius 2 is 1.76 bits per heavy atom. The number of aryl methyl sites for hydroxylation is 1. The van der Waals surface area contributed by atoms with E-state index in [0.717, 1.165) is 5.56 Å². The van der Waals surface area contributed by atoms with Crippen LogP contribution in [0.4, 0.5) is 0 Å². The molecule has 0 unspecified atom stereocenters. The molecule has 0 spiro atoms. The Labute approximate surface area is 148 Å². The van der Waals surface area contributed by atoms with E-state index in [9.17, 15) is 9.59 Å². The lowest BCUT2D eigenvalue weighted by atomic mass is 10.1. The van der Waals surface area contributed by atoms with Gasteiger partial charge in [0.25, 0.3) is 0 Å². The zero-order chi connectivity index (χ0) is 18.2. The Kier molecular flexibility index (Phi) is 7.06. The van der Waals surface area contributed by atoms with Crippen LogP contribution in [0.1, 0.15) is 18.9 Å². The zero-order valence-electron chi connectivity index (χ0n) is 15.0. The van der Waals surface area contributed by atoms with E-state index in [4.69, 9.17) is 14.2 Å². The third-order valence-electron chi connectivity index (χ3n) is 4.12. The Morgan fingerprint density at radius 1 is 1.16 bits per heavy atom.